The van der Waals surface area contributed by atoms with E-state index in [4.69, 9.17) is 10.5 Å². The van der Waals surface area contributed by atoms with Crippen LogP contribution in [-0.2, 0) is 19.3 Å². The molecule has 0 unspecified atom stereocenters. The second-order valence-electron chi connectivity index (χ2n) is 14.6. The van der Waals surface area contributed by atoms with Gasteiger partial charge in [-0.2, -0.15) is 33.5 Å². The van der Waals surface area contributed by atoms with Crippen LogP contribution < -0.4 is 15.4 Å². The summed E-state index contributed by atoms with van der Waals surface area (Å²) in [6.07, 6.45) is -7.09. The number of thiophene rings is 1. The molecule has 18 heteroatoms. The first-order valence-corrected chi connectivity index (χ1v) is 18.3. The fourth-order valence-electron chi connectivity index (χ4n) is 7.78. The van der Waals surface area contributed by atoms with Crippen LogP contribution in [-0.4, -0.2) is 89.3 Å². The lowest BCUT2D eigenvalue weighted by atomic mass is 9.73. The van der Waals surface area contributed by atoms with Gasteiger partial charge in [-0.1, -0.05) is 19.1 Å². The summed E-state index contributed by atoms with van der Waals surface area (Å²) >= 11 is 0.994. The molecular formula is C37H37F6N9O2S. The third-order valence-corrected chi connectivity index (χ3v) is 11.4. The third kappa shape index (κ3) is 6.88. The van der Waals surface area contributed by atoms with Crippen LogP contribution >= 0.6 is 11.3 Å². The molecule has 0 spiro atoms. The summed E-state index contributed by atoms with van der Waals surface area (Å²) in [5.74, 6) is -2.80. The van der Waals surface area contributed by atoms with Gasteiger partial charge in [0.25, 0.3) is 5.91 Å². The average molecular weight is 786 g/mol. The summed E-state index contributed by atoms with van der Waals surface area (Å²) in [6.45, 7) is 2.74. The first-order chi connectivity index (χ1) is 26.0. The lowest BCUT2D eigenvalue weighted by molar-refractivity contribution is -0.137. The van der Waals surface area contributed by atoms with E-state index >= 15 is 17.6 Å². The lowest BCUT2D eigenvalue weighted by Gasteiger charge is -2.44. The third-order valence-electron chi connectivity index (χ3n) is 10.4. The van der Waals surface area contributed by atoms with Crippen molar-refractivity contribution in [3.8, 4) is 23.2 Å². The van der Waals surface area contributed by atoms with Gasteiger partial charge in [0.15, 0.2) is 11.5 Å². The molecule has 2 atom stereocenters. The van der Waals surface area contributed by atoms with Gasteiger partial charge in [0.2, 0.25) is 6.43 Å². The number of piperidine rings is 1. The fourth-order valence-corrected chi connectivity index (χ4v) is 8.73. The highest BCUT2D eigenvalue weighted by atomic mass is 32.1. The summed E-state index contributed by atoms with van der Waals surface area (Å²) < 4.78 is 99.4. The first-order valence-electron chi connectivity index (χ1n) is 17.5. The average Bonchev–Trinajstić information content (AvgIpc) is 3.61. The van der Waals surface area contributed by atoms with E-state index in [9.17, 15) is 18.8 Å². The molecule has 0 bridgehead atoms. The molecule has 2 aliphatic heterocycles. The number of carbonyl (C=O) groups is 1. The summed E-state index contributed by atoms with van der Waals surface area (Å²) in [5, 5.41) is 14.2. The second kappa shape index (κ2) is 14.2. The Bertz CT molecular complexity index is 2350. The van der Waals surface area contributed by atoms with Gasteiger partial charge in [-0.25, -0.2) is 13.2 Å². The monoisotopic (exact) mass is 785 g/mol. The molecule has 2 aromatic carbocycles. The number of halogens is 6. The Labute approximate surface area is 315 Å². The number of hydrogen-bond donors (Lipinski definition) is 1. The van der Waals surface area contributed by atoms with E-state index < -0.39 is 52.4 Å². The van der Waals surface area contributed by atoms with Gasteiger partial charge < -0.3 is 25.2 Å². The molecule has 0 radical (unpaired) electrons. The number of nitriles is 1. The number of benzene rings is 2. The summed E-state index contributed by atoms with van der Waals surface area (Å²) in [4.78, 5) is 26.6. The number of ether oxygens (including phenoxy) is 1. The maximum absolute atomic E-state index is 17.3. The van der Waals surface area contributed by atoms with Crippen molar-refractivity contribution in [2.45, 2.75) is 45.5 Å². The van der Waals surface area contributed by atoms with E-state index in [-0.39, 0.29) is 77.0 Å². The topological polar surface area (TPSA) is 129 Å². The maximum Gasteiger partial charge on any atom is 0.417 e. The zero-order valence-corrected chi connectivity index (χ0v) is 31.2. The van der Waals surface area contributed by atoms with E-state index in [1.54, 1.807) is 49.8 Å². The highest BCUT2D eigenvalue weighted by Crippen LogP contribution is 2.48. The molecule has 5 heterocycles. The van der Waals surface area contributed by atoms with Crippen molar-refractivity contribution in [3.05, 3.63) is 58.7 Å². The lowest BCUT2D eigenvalue weighted by Crippen LogP contribution is -2.51. The van der Waals surface area contributed by atoms with Crippen molar-refractivity contribution >= 4 is 49.1 Å². The van der Waals surface area contributed by atoms with Crippen molar-refractivity contribution in [1.82, 2.24) is 29.5 Å². The van der Waals surface area contributed by atoms with Crippen LogP contribution in [0.4, 0.5) is 37.2 Å². The smallest absolute Gasteiger partial charge is 0.417 e. The molecule has 2 aliphatic rings. The molecule has 1 amide bonds. The van der Waals surface area contributed by atoms with Crippen molar-refractivity contribution in [2.75, 3.05) is 58.0 Å². The van der Waals surface area contributed by atoms with Gasteiger partial charge in [-0.15, -0.1) is 11.3 Å². The molecular weight excluding hydrogens is 749 g/mol. The molecule has 55 heavy (non-hydrogen) atoms. The number of hydrogen-bond acceptors (Lipinski definition) is 10. The number of fused-ring (bicyclic) bond motifs is 3. The van der Waals surface area contributed by atoms with E-state index in [2.05, 4.69) is 15.1 Å². The number of nitrogen functional groups attached to an aromatic ring is 1. The minimum atomic E-state index is -5.09. The first kappa shape index (κ1) is 38.1. The number of alkyl halides is 5. The maximum atomic E-state index is 17.3. The van der Waals surface area contributed by atoms with Gasteiger partial charge >= 0.3 is 12.2 Å². The number of amides is 1. The second-order valence-corrected chi connectivity index (χ2v) is 15.7. The summed E-state index contributed by atoms with van der Waals surface area (Å²) in [7, 11) is 4.97. The van der Waals surface area contributed by atoms with Gasteiger partial charge in [0.1, 0.15) is 22.4 Å². The SMILES string of the molecule is CN1CC[C@H](C(F)F)[C@](C)(COc2nc(N3CCCn4nc(C(=O)N(C)C)cc4C3)c3cc(C(F)(F)F)c(-c4cccc5sc(N)c(C#N)c45)c(F)c3n2)C1. The predicted octanol–water partition coefficient (Wildman–Crippen LogP) is 7.03. The quantitative estimate of drug-likeness (QED) is 0.173. The number of nitrogens with zero attached hydrogens (tertiary/aromatic N) is 8. The van der Waals surface area contributed by atoms with E-state index in [0.717, 1.165) is 17.4 Å². The van der Waals surface area contributed by atoms with Gasteiger partial charge in [0, 0.05) is 66.1 Å². The number of anilines is 2. The Balaban J connectivity index is 1.44. The van der Waals surface area contributed by atoms with Crippen LogP contribution in [0.25, 0.3) is 32.1 Å². The molecule has 0 aliphatic carbocycles. The van der Waals surface area contributed by atoms with Gasteiger partial charge in [0.05, 0.1) is 30.0 Å². The van der Waals surface area contributed by atoms with Crippen molar-refractivity contribution < 1.29 is 35.9 Å². The number of aryl methyl sites for hydroxylation is 1. The molecule has 290 valence electrons. The molecule has 0 saturated carbocycles. The molecule has 7 rings (SSSR count). The fraction of sp³-hybridized carbons (Fsp3) is 0.432. The number of rotatable bonds is 7. The molecule has 5 aromatic rings. The van der Waals surface area contributed by atoms with Crippen LogP contribution in [0.5, 0.6) is 6.01 Å². The molecule has 2 N–H and O–H groups in total. The Kier molecular flexibility index (Phi) is 9.82. The van der Waals surface area contributed by atoms with Gasteiger partial charge in [-0.05, 0) is 50.2 Å². The largest absolute Gasteiger partial charge is 0.463 e. The van der Waals surface area contributed by atoms with E-state index in [1.165, 1.54) is 17.0 Å². The van der Waals surface area contributed by atoms with Crippen LogP contribution in [0, 0.1) is 28.5 Å². The highest BCUT2D eigenvalue weighted by Gasteiger charge is 2.45. The Morgan fingerprint density at radius 1 is 1.20 bits per heavy atom. The van der Waals surface area contributed by atoms with Gasteiger partial charge in [-0.3, -0.25) is 9.48 Å². The Morgan fingerprint density at radius 2 is 1.96 bits per heavy atom. The number of aromatic nitrogens is 4. The van der Waals surface area contributed by atoms with Crippen LogP contribution in [0.1, 0.15) is 47.1 Å². The van der Waals surface area contributed by atoms with Crippen LogP contribution in [0.15, 0.2) is 30.3 Å². The number of likely N-dealkylation sites (tertiary alicyclic amines) is 1. The minimum absolute atomic E-state index is 0.0268. The molecule has 3 aromatic heterocycles. The zero-order valence-electron chi connectivity index (χ0n) is 30.3. The van der Waals surface area contributed by atoms with E-state index in [1.807, 2.05) is 11.0 Å². The zero-order chi connectivity index (χ0) is 39.6. The van der Waals surface area contributed by atoms with Crippen molar-refractivity contribution in [3.63, 3.8) is 0 Å². The highest BCUT2D eigenvalue weighted by molar-refractivity contribution is 7.23. The minimum Gasteiger partial charge on any atom is -0.463 e. The van der Waals surface area contributed by atoms with Crippen LogP contribution in [0.3, 0.4) is 0 Å². The molecule has 1 saturated heterocycles. The predicted molar refractivity (Wildman–Crippen MR) is 196 cm³/mol. The Hall–Kier alpha value is -5.15. The van der Waals surface area contributed by atoms with Crippen molar-refractivity contribution in [2.24, 2.45) is 11.3 Å². The van der Waals surface area contributed by atoms with E-state index in [0.29, 0.717) is 29.9 Å². The molecule has 11 nitrogen and oxygen atoms in total. The number of nitrogens with two attached hydrogens (primary N) is 1. The summed E-state index contributed by atoms with van der Waals surface area (Å²) in [5.41, 5.74) is 2.78. The van der Waals surface area contributed by atoms with Crippen molar-refractivity contribution in [1.29, 1.82) is 5.26 Å². The Morgan fingerprint density at radius 3 is 2.65 bits per heavy atom. The summed E-state index contributed by atoms with van der Waals surface area (Å²) in [6, 6.07) is 8.24. The number of carbonyl (C=O) groups excluding carboxylic acids is 1. The molecule has 1 fully saturated rings. The van der Waals surface area contributed by atoms with Crippen LogP contribution in [0.2, 0.25) is 0 Å². The standard InChI is InChI=1S/C37H37F6N9O2S/c1-36(17-50(4)12-9-23(36)31(39)40)18-54-35-46-30-21(33(47-35)51-10-6-11-52-19(16-51)13-25(48-52)34(53)49(2)3)14-24(37(41,42)43)28(29(30)38)20-7-5-8-26-27(20)22(15-44)32(45)55-26/h5,7-8,13-14,23,31H,6,9-12,16-18,45H2,1-4H3/t23-,36+/m1/s1. The normalized spacial score (nSPS) is 19.5.